The van der Waals surface area contributed by atoms with E-state index >= 15 is 0 Å². The third-order valence-electron chi connectivity index (χ3n) is 3.88. The predicted octanol–water partition coefficient (Wildman–Crippen LogP) is 0.964. The standard InChI is InChI=1S/C15H23N3O/c1-12-11-18(10-9-17(12)2)15(19)14-5-3-13(4-6-14)7-8-16/h3-6,12H,7-11,16H2,1-2H3. The summed E-state index contributed by atoms with van der Waals surface area (Å²) in [6.07, 6.45) is 0.861. The van der Waals surface area contributed by atoms with Gasteiger partial charge in [0.25, 0.3) is 5.91 Å². The second-order valence-electron chi connectivity index (χ2n) is 5.32. The van der Waals surface area contributed by atoms with E-state index in [4.69, 9.17) is 5.73 Å². The molecular formula is C15H23N3O. The monoisotopic (exact) mass is 261 g/mol. The number of nitrogens with two attached hydrogens (primary N) is 1. The molecule has 1 aliphatic rings. The zero-order chi connectivity index (χ0) is 13.8. The Kier molecular flexibility index (Phi) is 4.56. The molecule has 0 spiro atoms. The third-order valence-corrected chi connectivity index (χ3v) is 3.88. The molecule has 1 amide bonds. The Hall–Kier alpha value is -1.39. The third kappa shape index (κ3) is 3.33. The average Bonchev–Trinajstić information content (AvgIpc) is 2.42. The molecule has 104 valence electrons. The van der Waals surface area contributed by atoms with Gasteiger partial charge >= 0.3 is 0 Å². The predicted molar refractivity (Wildman–Crippen MR) is 77.2 cm³/mol. The van der Waals surface area contributed by atoms with Crippen molar-refractivity contribution in [1.82, 2.24) is 9.80 Å². The van der Waals surface area contributed by atoms with Crippen LogP contribution in [-0.2, 0) is 6.42 Å². The van der Waals surface area contributed by atoms with Gasteiger partial charge in [-0.15, -0.1) is 0 Å². The molecule has 1 fully saturated rings. The van der Waals surface area contributed by atoms with E-state index in [1.807, 2.05) is 29.2 Å². The van der Waals surface area contributed by atoms with Crippen LogP contribution in [0.5, 0.6) is 0 Å². The van der Waals surface area contributed by atoms with E-state index < -0.39 is 0 Å². The zero-order valence-corrected chi connectivity index (χ0v) is 11.8. The second-order valence-corrected chi connectivity index (χ2v) is 5.32. The number of hydrogen-bond donors (Lipinski definition) is 1. The van der Waals surface area contributed by atoms with Gasteiger partial charge in [-0.2, -0.15) is 0 Å². The molecule has 4 nitrogen and oxygen atoms in total. The van der Waals surface area contributed by atoms with Crippen LogP contribution in [0.1, 0.15) is 22.8 Å². The quantitative estimate of drug-likeness (QED) is 0.882. The van der Waals surface area contributed by atoms with Crippen molar-refractivity contribution < 1.29 is 4.79 Å². The highest BCUT2D eigenvalue weighted by molar-refractivity contribution is 5.94. The number of likely N-dealkylation sites (N-methyl/N-ethyl adjacent to an activating group) is 1. The minimum atomic E-state index is 0.138. The molecular weight excluding hydrogens is 238 g/mol. The molecule has 19 heavy (non-hydrogen) atoms. The molecule has 1 heterocycles. The Labute approximate surface area is 115 Å². The van der Waals surface area contributed by atoms with Crippen molar-refractivity contribution in [3.63, 3.8) is 0 Å². The van der Waals surface area contributed by atoms with Crippen molar-refractivity contribution in [3.8, 4) is 0 Å². The molecule has 1 aliphatic heterocycles. The Morgan fingerprint density at radius 3 is 2.58 bits per heavy atom. The van der Waals surface area contributed by atoms with Gasteiger partial charge in [0.2, 0.25) is 0 Å². The molecule has 1 aromatic rings. The first-order valence-corrected chi connectivity index (χ1v) is 6.90. The van der Waals surface area contributed by atoms with E-state index in [2.05, 4.69) is 18.9 Å². The maximum absolute atomic E-state index is 12.4. The summed E-state index contributed by atoms with van der Waals surface area (Å²) in [5, 5.41) is 0. The first kappa shape index (κ1) is 14.0. The van der Waals surface area contributed by atoms with Crippen molar-refractivity contribution in [2.24, 2.45) is 5.73 Å². The number of piperazine rings is 1. The fourth-order valence-corrected chi connectivity index (χ4v) is 2.40. The number of hydrogen-bond acceptors (Lipinski definition) is 3. The summed E-state index contributed by atoms with van der Waals surface area (Å²) < 4.78 is 0. The molecule has 1 saturated heterocycles. The number of nitrogens with zero attached hydrogens (tertiary/aromatic N) is 2. The highest BCUT2D eigenvalue weighted by Crippen LogP contribution is 2.13. The van der Waals surface area contributed by atoms with E-state index in [0.29, 0.717) is 12.6 Å². The van der Waals surface area contributed by atoms with Gasteiger partial charge in [-0.05, 0) is 44.6 Å². The summed E-state index contributed by atoms with van der Waals surface area (Å²) >= 11 is 0. The Balaban J connectivity index is 2.03. The van der Waals surface area contributed by atoms with Crippen LogP contribution >= 0.6 is 0 Å². The molecule has 2 rings (SSSR count). The molecule has 0 saturated carbocycles. The van der Waals surface area contributed by atoms with Crippen LogP contribution in [0, 0.1) is 0 Å². The lowest BCUT2D eigenvalue weighted by atomic mass is 10.1. The molecule has 4 heteroatoms. The lowest BCUT2D eigenvalue weighted by molar-refractivity contribution is 0.0572. The van der Waals surface area contributed by atoms with Gasteiger partial charge in [0.05, 0.1) is 0 Å². The first-order valence-electron chi connectivity index (χ1n) is 6.90. The summed E-state index contributed by atoms with van der Waals surface area (Å²) in [5.41, 5.74) is 7.49. The minimum absolute atomic E-state index is 0.138. The fraction of sp³-hybridized carbons (Fsp3) is 0.533. The molecule has 1 aromatic carbocycles. The summed E-state index contributed by atoms with van der Waals surface area (Å²) in [6, 6.07) is 8.25. The lowest BCUT2D eigenvalue weighted by Gasteiger charge is -2.37. The van der Waals surface area contributed by atoms with Gasteiger partial charge in [-0.25, -0.2) is 0 Å². The first-order chi connectivity index (χ1) is 9.11. The summed E-state index contributed by atoms with van der Waals surface area (Å²) in [6.45, 7) is 5.36. The van der Waals surface area contributed by atoms with Crippen LogP contribution in [-0.4, -0.2) is 55.0 Å². The molecule has 0 bridgehead atoms. The van der Waals surface area contributed by atoms with Crippen molar-refractivity contribution in [2.45, 2.75) is 19.4 Å². The number of carbonyl (C=O) groups excluding carboxylic acids is 1. The fourth-order valence-electron chi connectivity index (χ4n) is 2.40. The maximum Gasteiger partial charge on any atom is 0.253 e. The molecule has 2 N–H and O–H groups in total. The van der Waals surface area contributed by atoms with Crippen LogP contribution in [0.15, 0.2) is 24.3 Å². The van der Waals surface area contributed by atoms with Crippen LogP contribution in [0.3, 0.4) is 0 Å². The van der Waals surface area contributed by atoms with Crippen molar-refractivity contribution >= 4 is 5.91 Å². The number of benzene rings is 1. The maximum atomic E-state index is 12.4. The number of rotatable bonds is 3. The van der Waals surface area contributed by atoms with E-state index in [1.54, 1.807) is 0 Å². The SMILES string of the molecule is CC1CN(C(=O)c2ccc(CCN)cc2)CCN1C. The molecule has 1 unspecified atom stereocenters. The number of amides is 1. The van der Waals surface area contributed by atoms with Gasteiger partial charge in [0.15, 0.2) is 0 Å². The summed E-state index contributed by atoms with van der Waals surface area (Å²) in [5.74, 6) is 0.138. The van der Waals surface area contributed by atoms with Crippen molar-refractivity contribution in [3.05, 3.63) is 35.4 Å². The minimum Gasteiger partial charge on any atom is -0.336 e. The molecule has 0 aromatic heterocycles. The van der Waals surface area contributed by atoms with Crippen molar-refractivity contribution in [1.29, 1.82) is 0 Å². The second kappa shape index (κ2) is 6.17. The van der Waals surface area contributed by atoms with E-state index in [0.717, 1.165) is 31.6 Å². The average molecular weight is 261 g/mol. The highest BCUT2D eigenvalue weighted by Gasteiger charge is 2.24. The van der Waals surface area contributed by atoms with Gasteiger partial charge in [-0.3, -0.25) is 4.79 Å². The van der Waals surface area contributed by atoms with E-state index in [-0.39, 0.29) is 5.91 Å². The van der Waals surface area contributed by atoms with Gasteiger partial charge in [-0.1, -0.05) is 12.1 Å². The van der Waals surface area contributed by atoms with Gasteiger partial charge in [0, 0.05) is 31.2 Å². The lowest BCUT2D eigenvalue weighted by Crippen LogP contribution is -2.52. The summed E-state index contributed by atoms with van der Waals surface area (Å²) in [4.78, 5) is 16.6. The van der Waals surface area contributed by atoms with Gasteiger partial charge in [0.1, 0.15) is 0 Å². The van der Waals surface area contributed by atoms with Crippen molar-refractivity contribution in [2.75, 3.05) is 33.2 Å². The van der Waals surface area contributed by atoms with E-state index in [9.17, 15) is 4.79 Å². The zero-order valence-electron chi connectivity index (χ0n) is 11.8. The molecule has 0 radical (unpaired) electrons. The van der Waals surface area contributed by atoms with Gasteiger partial charge < -0.3 is 15.5 Å². The molecule has 1 atom stereocenters. The largest absolute Gasteiger partial charge is 0.336 e. The van der Waals surface area contributed by atoms with Crippen LogP contribution < -0.4 is 5.73 Å². The highest BCUT2D eigenvalue weighted by atomic mass is 16.2. The topological polar surface area (TPSA) is 49.6 Å². The Morgan fingerprint density at radius 2 is 2.00 bits per heavy atom. The Bertz CT molecular complexity index is 430. The summed E-state index contributed by atoms with van der Waals surface area (Å²) in [7, 11) is 2.11. The van der Waals surface area contributed by atoms with E-state index in [1.165, 1.54) is 5.56 Å². The Morgan fingerprint density at radius 1 is 1.32 bits per heavy atom. The van der Waals surface area contributed by atoms with Crippen LogP contribution in [0.25, 0.3) is 0 Å². The van der Waals surface area contributed by atoms with Crippen LogP contribution in [0.2, 0.25) is 0 Å². The smallest absolute Gasteiger partial charge is 0.253 e. The normalized spacial score (nSPS) is 20.6. The molecule has 0 aliphatic carbocycles. The van der Waals surface area contributed by atoms with Crippen LogP contribution in [0.4, 0.5) is 0 Å². The number of carbonyl (C=O) groups is 1.